The summed E-state index contributed by atoms with van der Waals surface area (Å²) >= 11 is 0. The van der Waals surface area contributed by atoms with Crippen LogP contribution in [0.1, 0.15) is 134 Å². The van der Waals surface area contributed by atoms with Gasteiger partial charge in [-0.25, -0.2) is 0 Å². The first-order valence-electron chi connectivity index (χ1n) is 14.6. The Morgan fingerprint density at radius 2 is 1.69 bits per heavy atom. The number of nitrogens with zero attached hydrogens (tertiary/aromatic N) is 1. The van der Waals surface area contributed by atoms with Gasteiger partial charge in [0.25, 0.3) is 5.91 Å². The largest absolute Gasteiger partial charge is 0.348 e. The molecule has 3 rings (SSSR count). The first-order chi connectivity index (χ1) is 16.9. The number of carbonyl (C=O) groups excluding carboxylic acids is 1. The Morgan fingerprint density at radius 3 is 2.22 bits per heavy atom. The Hall–Kier alpha value is -2.03. The van der Waals surface area contributed by atoms with Crippen molar-refractivity contribution >= 4 is 5.91 Å². The van der Waals surface area contributed by atoms with Crippen LogP contribution in [0.25, 0.3) is 11.1 Å². The number of unbranched alkanes of at least 4 members (excludes halogenated alkanes) is 1. The van der Waals surface area contributed by atoms with E-state index in [1.807, 2.05) is 0 Å². The molecule has 1 aliphatic carbocycles. The van der Waals surface area contributed by atoms with Crippen LogP contribution in [0.15, 0.2) is 24.3 Å². The molecule has 2 aromatic rings. The van der Waals surface area contributed by atoms with Crippen LogP contribution in [0, 0.1) is 5.92 Å². The minimum Gasteiger partial charge on any atom is -0.348 e. The van der Waals surface area contributed by atoms with Crippen LogP contribution in [0.4, 0.5) is 0 Å². The molecule has 0 radical (unpaired) electrons. The lowest BCUT2D eigenvalue weighted by Crippen LogP contribution is -2.40. The summed E-state index contributed by atoms with van der Waals surface area (Å²) in [5.41, 5.74) is 7.52. The second kappa shape index (κ2) is 11.6. The summed E-state index contributed by atoms with van der Waals surface area (Å²) in [5.74, 6) is 0.717. The molecule has 0 saturated heterocycles. The molecule has 0 bridgehead atoms. The summed E-state index contributed by atoms with van der Waals surface area (Å²) in [7, 11) is 2.10. The summed E-state index contributed by atoms with van der Waals surface area (Å²) in [5, 5.41) is 3.29. The average molecular weight is 493 g/mol. The molecule has 200 valence electrons. The topological polar surface area (TPSA) is 34.0 Å². The smallest absolute Gasteiger partial charge is 0.268 e. The van der Waals surface area contributed by atoms with E-state index in [2.05, 4.69) is 96.6 Å². The van der Waals surface area contributed by atoms with E-state index in [1.54, 1.807) is 0 Å². The van der Waals surface area contributed by atoms with Crippen LogP contribution in [0.5, 0.6) is 0 Å². The van der Waals surface area contributed by atoms with Crippen molar-refractivity contribution in [2.45, 2.75) is 130 Å². The van der Waals surface area contributed by atoms with Crippen molar-refractivity contribution in [1.82, 2.24) is 9.88 Å². The van der Waals surface area contributed by atoms with E-state index in [9.17, 15) is 4.79 Å². The number of carbonyl (C=O) groups is 1. The van der Waals surface area contributed by atoms with Crippen LogP contribution in [0.2, 0.25) is 0 Å². The lowest BCUT2D eigenvalue weighted by molar-refractivity contribution is 0.0908. The average Bonchev–Trinajstić information content (AvgIpc) is 3.13. The van der Waals surface area contributed by atoms with Crippen LogP contribution in [-0.2, 0) is 24.3 Å². The standard InChI is InChI=1S/C33H52N2O/c1-10-13-15-23(11-2)18-29-28(22-30(35(29)9)31(36)34-27-16-14-17-27)24-19-25(32(4,5)6)21-26(20-24)33(7,8)12-3/h19-23,27H,10-18H2,1-9H3,(H,34,36). The van der Waals surface area contributed by atoms with Crippen molar-refractivity contribution in [2.75, 3.05) is 0 Å². The third kappa shape index (κ3) is 6.45. The molecule has 1 unspecified atom stereocenters. The van der Waals surface area contributed by atoms with Crippen molar-refractivity contribution in [3.05, 3.63) is 46.8 Å². The second-order valence-corrected chi connectivity index (χ2v) is 13.0. The molecule has 3 heteroatoms. The molecule has 1 atom stereocenters. The highest BCUT2D eigenvalue weighted by atomic mass is 16.2. The first-order valence-corrected chi connectivity index (χ1v) is 14.6. The molecule has 1 saturated carbocycles. The third-order valence-corrected chi connectivity index (χ3v) is 8.83. The predicted octanol–water partition coefficient (Wildman–Crippen LogP) is 8.72. The van der Waals surface area contributed by atoms with Gasteiger partial charge in [0.2, 0.25) is 0 Å². The van der Waals surface area contributed by atoms with Gasteiger partial charge in [0.05, 0.1) is 0 Å². The number of amides is 1. The lowest BCUT2D eigenvalue weighted by Gasteiger charge is -2.28. The fourth-order valence-corrected chi connectivity index (χ4v) is 5.20. The fraction of sp³-hybridized carbons (Fsp3) is 0.667. The minimum absolute atomic E-state index is 0.0566. The van der Waals surface area contributed by atoms with Crippen molar-refractivity contribution in [3.63, 3.8) is 0 Å². The van der Waals surface area contributed by atoms with Crippen LogP contribution in [0.3, 0.4) is 0 Å². The molecule has 1 aromatic heterocycles. The second-order valence-electron chi connectivity index (χ2n) is 13.0. The molecule has 1 aliphatic rings. The zero-order chi connectivity index (χ0) is 26.7. The molecular formula is C33H52N2O. The molecule has 3 nitrogen and oxygen atoms in total. The van der Waals surface area contributed by atoms with Crippen LogP contribution < -0.4 is 5.32 Å². The summed E-state index contributed by atoms with van der Waals surface area (Å²) in [4.78, 5) is 13.4. The monoisotopic (exact) mass is 492 g/mol. The maximum atomic E-state index is 13.4. The maximum absolute atomic E-state index is 13.4. The lowest BCUT2D eigenvalue weighted by atomic mass is 9.76. The molecule has 1 N–H and O–H groups in total. The van der Waals surface area contributed by atoms with E-state index in [0.717, 1.165) is 31.4 Å². The van der Waals surface area contributed by atoms with Crippen LogP contribution in [-0.4, -0.2) is 16.5 Å². The zero-order valence-electron chi connectivity index (χ0n) is 24.7. The van der Waals surface area contributed by atoms with Gasteiger partial charge in [0.15, 0.2) is 0 Å². The molecule has 0 spiro atoms. The van der Waals surface area contributed by atoms with Crippen LogP contribution >= 0.6 is 0 Å². The molecule has 1 fully saturated rings. The van der Waals surface area contributed by atoms with E-state index in [-0.39, 0.29) is 16.7 Å². The summed E-state index contributed by atoms with van der Waals surface area (Å²) in [6.07, 6.45) is 10.5. The Balaban J connectivity index is 2.16. The highest BCUT2D eigenvalue weighted by Crippen LogP contribution is 2.38. The van der Waals surface area contributed by atoms with Crippen molar-refractivity contribution in [3.8, 4) is 11.1 Å². The van der Waals surface area contributed by atoms with Gasteiger partial charge in [-0.15, -0.1) is 0 Å². The highest BCUT2D eigenvalue weighted by Gasteiger charge is 2.27. The van der Waals surface area contributed by atoms with Gasteiger partial charge in [0.1, 0.15) is 5.69 Å². The molecule has 1 heterocycles. The number of hydrogen-bond acceptors (Lipinski definition) is 1. The zero-order valence-corrected chi connectivity index (χ0v) is 24.7. The summed E-state index contributed by atoms with van der Waals surface area (Å²) < 4.78 is 2.20. The number of benzene rings is 1. The van der Waals surface area contributed by atoms with E-state index >= 15 is 0 Å². The number of hydrogen-bond donors (Lipinski definition) is 1. The van der Waals surface area contributed by atoms with Gasteiger partial charge >= 0.3 is 0 Å². The Morgan fingerprint density at radius 1 is 1.03 bits per heavy atom. The Labute approximate surface area is 221 Å². The van der Waals surface area contributed by atoms with Gasteiger partial charge in [-0.05, 0) is 71.6 Å². The molecular weight excluding hydrogens is 440 g/mol. The van der Waals surface area contributed by atoms with Crippen molar-refractivity contribution in [1.29, 1.82) is 0 Å². The van der Waals surface area contributed by atoms with Crippen molar-refractivity contribution in [2.24, 2.45) is 13.0 Å². The van der Waals surface area contributed by atoms with Gasteiger partial charge in [-0.1, -0.05) is 99.3 Å². The minimum atomic E-state index is 0.0566. The molecule has 36 heavy (non-hydrogen) atoms. The maximum Gasteiger partial charge on any atom is 0.268 e. The van der Waals surface area contributed by atoms with Crippen molar-refractivity contribution < 1.29 is 4.79 Å². The number of nitrogens with one attached hydrogen (secondary N) is 1. The Bertz CT molecular complexity index is 1030. The van der Waals surface area contributed by atoms with E-state index < -0.39 is 0 Å². The van der Waals surface area contributed by atoms with Gasteiger partial charge in [0, 0.05) is 24.3 Å². The third-order valence-electron chi connectivity index (χ3n) is 8.83. The van der Waals surface area contributed by atoms with Gasteiger partial charge in [-0.3, -0.25) is 4.79 Å². The quantitative estimate of drug-likeness (QED) is 0.334. The van der Waals surface area contributed by atoms with E-state index in [1.165, 1.54) is 60.1 Å². The first kappa shape index (κ1) is 28.5. The fourth-order valence-electron chi connectivity index (χ4n) is 5.20. The van der Waals surface area contributed by atoms with E-state index in [0.29, 0.717) is 12.0 Å². The summed E-state index contributed by atoms with van der Waals surface area (Å²) in [6, 6.07) is 9.72. The molecule has 1 aromatic carbocycles. The summed E-state index contributed by atoms with van der Waals surface area (Å²) in [6.45, 7) is 18.5. The van der Waals surface area contributed by atoms with Gasteiger partial charge < -0.3 is 9.88 Å². The SMILES string of the molecule is CCCCC(CC)Cc1c(-c2cc(C(C)(C)C)cc(C(C)(C)CC)c2)cc(C(=O)NC2CCC2)n1C. The number of rotatable bonds is 11. The Kier molecular flexibility index (Phi) is 9.17. The van der Waals surface area contributed by atoms with Gasteiger partial charge in [-0.2, -0.15) is 0 Å². The highest BCUT2D eigenvalue weighted by molar-refractivity contribution is 5.95. The molecule has 1 amide bonds. The normalized spacial score (nSPS) is 15.6. The van der Waals surface area contributed by atoms with E-state index in [4.69, 9.17) is 0 Å². The molecule has 0 aliphatic heterocycles. The number of aromatic nitrogens is 1. The predicted molar refractivity (Wildman–Crippen MR) is 155 cm³/mol.